The smallest absolute Gasteiger partial charge is 0.341 e. The Kier molecular flexibility index (Phi) is 7.60. The number of amides is 2. The van der Waals surface area contributed by atoms with Crippen molar-refractivity contribution in [3.05, 3.63) is 51.4 Å². The third-order valence-corrected chi connectivity index (χ3v) is 6.66. The Morgan fingerprint density at radius 1 is 1.19 bits per heavy atom. The summed E-state index contributed by atoms with van der Waals surface area (Å²) in [6.45, 7) is 6.38. The van der Waals surface area contributed by atoms with Gasteiger partial charge < -0.3 is 15.0 Å². The molecule has 1 aromatic carbocycles. The lowest BCUT2D eigenvalue weighted by Crippen LogP contribution is -2.41. The molecular formula is C23H26F2N2O4S. The van der Waals surface area contributed by atoms with Gasteiger partial charge in [0.1, 0.15) is 16.6 Å². The summed E-state index contributed by atoms with van der Waals surface area (Å²) in [7, 11) is 0. The molecule has 172 valence electrons. The van der Waals surface area contributed by atoms with Gasteiger partial charge in [-0.25, -0.2) is 13.6 Å². The van der Waals surface area contributed by atoms with E-state index in [1.54, 1.807) is 6.92 Å². The highest BCUT2D eigenvalue weighted by Crippen LogP contribution is 2.35. The number of carbonyl (C=O) groups excluding carboxylic acids is 3. The van der Waals surface area contributed by atoms with E-state index in [9.17, 15) is 23.2 Å². The van der Waals surface area contributed by atoms with E-state index >= 15 is 0 Å². The van der Waals surface area contributed by atoms with Crippen molar-refractivity contribution < 1.29 is 27.9 Å². The Balaban J connectivity index is 1.66. The lowest BCUT2D eigenvalue weighted by molar-refractivity contribution is -0.121. The van der Waals surface area contributed by atoms with Crippen LogP contribution in [0.4, 0.5) is 13.8 Å². The first-order valence-corrected chi connectivity index (χ1v) is 11.4. The molecule has 1 N–H and O–H groups in total. The second-order valence-electron chi connectivity index (χ2n) is 7.59. The molecule has 0 atom stereocenters. The molecule has 0 radical (unpaired) electrons. The summed E-state index contributed by atoms with van der Waals surface area (Å²) in [5.74, 6) is -3.19. The molecule has 0 bridgehead atoms. The summed E-state index contributed by atoms with van der Waals surface area (Å²) >= 11 is 1.35. The number of carbonyl (C=O) groups is 3. The lowest BCUT2D eigenvalue weighted by Gasteiger charge is -2.31. The molecule has 1 fully saturated rings. The number of thiophene rings is 1. The minimum atomic E-state index is -0.902. The van der Waals surface area contributed by atoms with Crippen LogP contribution in [0.1, 0.15) is 57.8 Å². The predicted octanol–water partition coefficient (Wildman–Crippen LogP) is 4.56. The van der Waals surface area contributed by atoms with Gasteiger partial charge in [0, 0.05) is 30.0 Å². The van der Waals surface area contributed by atoms with Crippen LogP contribution in [-0.2, 0) is 16.0 Å². The minimum absolute atomic E-state index is 0.186. The summed E-state index contributed by atoms with van der Waals surface area (Å²) in [5, 5.41) is 3.36. The number of aryl methyl sites for hydroxylation is 1. The highest BCUT2D eigenvalue weighted by Gasteiger charge is 2.31. The number of ether oxygens (including phenoxy) is 1. The van der Waals surface area contributed by atoms with Gasteiger partial charge in [0.15, 0.2) is 0 Å². The lowest BCUT2D eigenvalue weighted by atomic mass is 9.95. The molecule has 2 heterocycles. The van der Waals surface area contributed by atoms with Crippen molar-refractivity contribution in [2.75, 3.05) is 25.0 Å². The molecule has 0 saturated carbocycles. The maximum absolute atomic E-state index is 13.9. The van der Waals surface area contributed by atoms with Gasteiger partial charge in [-0.15, -0.1) is 11.3 Å². The molecule has 2 amide bonds. The number of benzene rings is 1. The minimum Gasteiger partial charge on any atom is -0.462 e. The van der Waals surface area contributed by atoms with Crippen LogP contribution in [0.2, 0.25) is 0 Å². The summed E-state index contributed by atoms with van der Waals surface area (Å²) in [4.78, 5) is 40.3. The zero-order valence-electron chi connectivity index (χ0n) is 18.3. The second-order valence-corrected chi connectivity index (χ2v) is 8.82. The van der Waals surface area contributed by atoms with Gasteiger partial charge >= 0.3 is 5.97 Å². The van der Waals surface area contributed by atoms with E-state index in [0.717, 1.165) is 22.6 Å². The van der Waals surface area contributed by atoms with Crippen molar-refractivity contribution in [1.82, 2.24) is 4.90 Å². The zero-order valence-corrected chi connectivity index (χ0v) is 19.1. The van der Waals surface area contributed by atoms with Crippen LogP contribution in [0, 0.1) is 24.5 Å². The molecule has 1 aliphatic heterocycles. The molecule has 1 aromatic heterocycles. The van der Waals surface area contributed by atoms with E-state index < -0.39 is 23.5 Å². The fourth-order valence-electron chi connectivity index (χ4n) is 3.90. The first kappa shape index (κ1) is 23.8. The number of anilines is 1. The molecule has 1 aliphatic rings. The number of likely N-dealkylation sites (tertiary alicyclic amines) is 1. The first-order valence-electron chi connectivity index (χ1n) is 10.6. The van der Waals surface area contributed by atoms with E-state index in [0.29, 0.717) is 35.9 Å². The van der Waals surface area contributed by atoms with Crippen LogP contribution in [0.5, 0.6) is 0 Å². The number of rotatable bonds is 6. The van der Waals surface area contributed by atoms with Crippen molar-refractivity contribution in [3.8, 4) is 0 Å². The number of esters is 1. The highest BCUT2D eigenvalue weighted by atomic mass is 32.1. The largest absolute Gasteiger partial charge is 0.462 e. The fraction of sp³-hybridized carbons (Fsp3) is 0.435. The molecule has 0 spiro atoms. The Bertz CT molecular complexity index is 1030. The summed E-state index contributed by atoms with van der Waals surface area (Å²) in [6, 6.07) is 2.86. The standard InChI is InChI=1S/C23H26F2N2O4S/c1-4-16-13(3)32-21(19(16)23(30)31-5-2)26-20(28)14-8-10-27(11-9-14)22(29)17-7-6-15(24)12-18(17)25/h6-7,12,14H,4-5,8-11H2,1-3H3,(H,26,28). The second kappa shape index (κ2) is 10.2. The fourth-order valence-corrected chi connectivity index (χ4v) is 5.04. The van der Waals surface area contributed by atoms with E-state index in [1.807, 2.05) is 13.8 Å². The third-order valence-electron chi connectivity index (χ3n) is 5.59. The maximum atomic E-state index is 13.9. The van der Waals surface area contributed by atoms with Gasteiger partial charge in [0.05, 0.1) is 17.7 Å². The molecule has 6 nitrogen and oxygen atoms in total. The molecule has 2 aromatic rings. The Labute approximate surface area is 189 Å². The van der Waals surface area contributed by atoms with Crippen molar-refractivity contribution >= 4 is 34.1 Å². The van der Waals surface area contributed by atoms with Crippen LogP contribution in [0.15, 0.2) is 18.2 Å². The summed E-state index contributed by atoms with van der Waals surface area (Å²) in [5.41, 5.74) is 1.09. The number of halogens is 2. The molecule has 9 heteroatoms. The predicted molar refractivity (Wildman–Crippen MR) is 118 cm³/mol. The van der Waals surface area contributed by atoms with Crippen molar-refractivity contribution in [1.29, 1.82) is 0 Å². The topological polar surface area (TPSA) is 75.7 Å². The number of hydrogen-bond donors (Lipinski definition) is 1. The molecular weight excluding hydrogens is 438 g/mol. The van der Waals surface area contributed by atoms with E-state index in [4.69, 9.17) is 4.74 Å². The number of piperidine rings is 1. The highest BCUT2D eigenvalue weighted by molar-refractivity contribution is 7.16. The summed E-state index contributed by atoms with van der Waals surface area (Å²) in [6.07, 6.45) is 1.45. The van der Waals surface area contributed by atoms with Crippen molar-refractivity contribution in [2.45, 2.75) is 40.0 Å². The molecule has 1 saturated heterocycles. The maximum Gasteiger partial charge on any atom is 0.341 e. The Morgan fingerprint density at radius 3 is 2.47 bits per heavy atom. The normalized spacial score (nSPS) is 14.3. The quantitative estimate of drug-likeness (QED) is 0.636. The van der Waals surface area contributed by atoms with Crippen LogP contribution >= 0.6 is 11.3 Å². The molecule has 0 aliphatic carbocycles. The van der Waals surface area contributed by atoms with Crippen LogP contribution < -0.4 is 5.32 Å². The van der Waals surface area contributed by atoms with E-state index in [1.165, 1.54) is 16.2 Å². The summed E-state index contributed by atoms with van der Waals surface area (Å²) < 4.78 is 32.2. The average Bonchev–Trinajstić information content (AvgIpc) is 3.08. The number of hydrogen-bond acceptors (Lipinski definition) is 5. The van der Waals surface area contributed by atoms with Crippen LogP contribution in [0.25, 0.3) is 0 Å². The van der Waals surface area contributed by atoms with Gasteiger partial charge in [0.2, 0.25) is 5.91 Å². The van der Waals surface area contributed by atoms with Gasteiger partial charge in [-0.2, -0.15) is 0 Å². The SMILES string of the molecule is CCOC(=O)c1c(NC(=O)C2CCN(C(=O)c3ccc(F)cc3F)CC2)sc(C)c1CC. The molecule has 32 heavy (non-hydrogen) atoms. The van der Waals surface area contributed by atoms with Crippen molar-refractivity contribution in [2.24, 2.45) is 5.92 Å². The molecule has 0 unspecified atom stereocenters. The Morgan fingerprint density at radius 2 is 1.88 bits per heavy atom. The van der Waals surface area contributed by atoms with E-state index in [2.05, 4.69) is 5.32 Å². The van der Waals surface area contributed by atoms with E-state index in [-0.39, 0.29) is 37.1 Å². The van der Waals surface area contributed by atoms with Crippen molar-refractivity contribution in [3.63, 3.8) is 0 Å². The monoisotopic (exact) mass is 464 g/mol. The third kappa shape index (κ3) is 4.98. The average molecular weight is 465 g/mol. The van der Waals surface area contributed by atoms with Crippen LogP contribution in [-0.4, -0.2) is 42.4 Å². The first-order chi connectivity index (χ1) is 15.3. The zero-order chi connectivity index (χ0) is 23.4. The van der Waals surface area contributed by atoms with Gasteiger partial charge in [-0.3, -0.25) is 9.59 Å². The molecule has 3 rings (SSSR count). The van der Waals surface area contributed by atoms with Gasteiger partial charge in [-0.05, 0) is 50.8 Å². The van der Waals surface area contributed by atoms with Crippen LogP contribution in [0.3, 0.4) is 0 Å². The number of nitrogens with zero attached hydrogens (tertiary/aromatic N) is 1. The van der Waals surface area contributed by atoms with Gasteiger partial charge in [-0.1, -0.05) is 6.92 Å². The number of nitrogens with one attached hydrogen (secondary N) is 1. The Hall–Kier alpha value is -2.81. The van der Waals surface area contributed by atoms with Gasteiger partial charge in [0.25, 0.3) is 5.91 Å².